The first-order chi connectivity index (χ1) is 35.8. The molecule has 3 unspecified atom stereocenters. The third-order valence-corrected chi connectivity index (χ3v) is 16.0. The summed E-state index contributed by atoms with van der Waals surface area (Å²) in [5.41, 5.74) is 12.2. The Morgan fingerprint density at radius 3 is 2.45 bits per heavy atom. The van der Waals surface area contributed by atoms with Crippen molar-refractivity contribution in [3.8, 4) is 11.5 Å². The van der Waals surface area contributed by atoms with Crippen LogP contribution in [0.15, 0.2) is 66.2 Å². The van der Waals surface area contributed by atoms with Gasteiger partial charge in [-0.05, 0) is 93.7 Å². The molecule has 0 bridgehead atoms. The van der Waals surface area contributed by atoms with Gasteiger partial charge in [0.05, 0.1) is 23.8 Å². The number of phosphoric acid groups is 2. The second kappa shape index (κ2) is 20.9. The third kappa shape index (κ3) is 11.7. The van der Waals surface area contributed by atoms with E-state index in [1.165, 1.54) is 16.5 Å². The second-order valence-corrected chi connectivity index (χ2v) is 23.8. The Morgan fingerprint density at radius 1 is 0.947 bits per heavy atom. The summed E-state index contributed by atoms with van der Waals surface area (Å²) in [4.78, 5) is 87.3. The molecule has 0 saturated carbocycles. The number of carbonyl (C=O) groups excluding carboxylic acids is 3. The molecule has 76 heavy (non-hydrogen) atoms. The van der Waals surface area contributed by atoms with Gasteiger partial charge < -0.3 is 60.6 Å². The summed E-state index contributed by atoms with van der Waals surface area (Å²) < 4.78 is 51.4. The van der Waals surface area contributed by atoms with Crippen molar-refractivity contribution in [1.82, 2.24) is 35.1 Å². The summed E-state index contributed by atoms with van der Waals surface area (Å²) in [5.74, 6) is 1.27. The Morgan fingerprint density at radius 2 is 1.68 bits per heavy atom. The van der Waals surface area contributed by atoms with Gasteiger partial charge >= 0.3 is 21.7 Å². The van der Waals surface area contributed by atoms with E-state index in [9.17, 15) is 33.5 Å². The van der Waals surface area contributed by atoms with Crippen LogP contribution in [0.25, 0.3) is 16.7 Å². The van der Waals surface area contributed by atoms with Gasteiger partial charge in [-0.2, -0.15) is 4.31 Å². The van der Waals surface area contributed by atoms with E-state index in [2.05, 4.69) is 95.0 Å². The first-order valence-electron chi connectivity index (χ1n) is 24.8. The smallest absolute Gasteiger partial charge is 0.456 e. The molecule has 0 radical (unpaired) electrons. The molecule has 2 aromatic heterocycles. The number of hydrogen-bond acceptors (Lipinski definition) is 17. The van der Waals surface area contributed by atoms with Crippen LogP contribution in [0.5, 0.6) is 11.5 Å². The summed E-state index contributed by atoms with van der Waals surface area (Å²) >= 11 is 0. The van der Waals surface area contributed by atoms with Crippen molar-refractivity contribution >= 4 is 61.8 Å². The number of ether oxygens (including phenoxy) is 3. The van der Waals surface area contributed by atoms with Crippen molar-refractivity contribution in [1.29, 1.82) is 0 Å². The highest BCUT2D eigenvalue weighted by Gasteiger charge is 2.49. The van der Waals surface area contributed by atoms with E-state index in [1.807, 2.05) is 30.3 Å². The van der Waals surface area contributed by atoms with Crippen molar-refractivity contribution in [2.45, 2.75) is 115 Å². The molecule has 0 spiro atoms. The number of hydrogen-bond donors (Lipinski definition) is 8. The molecule has 3 aromatic carbocycles. The third-order valence-electron chi connectivity index (χ3n) is 13.8. The summed E-state index contributed by atoms with van der Waals surface area (Å²) in [5, 5.41) is 22.0. The molecule has 6 heterocycles. The highest BCUT2D eigenvalue weighted by Crippen LogP contribution is 2.58. The number of carbonyl (C=O) groups is 3. The minimum atomic E-state index is -5.48. The van der Waals surface area contributed by atoms with Gasteiger partial charge in [-0.15, -0.1) is 0 Å². The van der Waals surface area contributed by atoms with E-state index in [1.54, 1.807) is 11.9 Å². The van der Waals surface area contributed by atoms with Gasteiger partial charge in [0, 0.05) is 78.4 Å². The van der Waals surface area contributed by atoms with E-state index in [0.29, 0.717) is 23.5 Å². The van der Waals surface area contributed by atoms with Gasteiger partial charge in [0.1, 0.15) is 35.6 Å². The van der Waals surface area contributed by atoms with Gasteiger partial charge in [-0.3, -0.25) is 23.7 Å². The molecule has 1 saturated heterocycles. The molecule has 26 heteroatoms. The fourth-order valence-corrected chi connectivity index (χ4v) is 12.3. The summed E-state index contributed by atoms with van der Waals surface area (Å²) in [7, 11) is -9.17. The van der Waals surface area contributed by atoms with Crippen LogP contribution in [0.3, 0.4) is 0 Å². The average molecular weight is 1090 g/mol. The molecule has 0 aliphatic carbocycles. The SMILES string of the molecule is CC1CC(C)(C)Nc2cc3c(cc21)C(c1ccccc1C(=O)N(C)CCCC(=O)NCCNC(=O)O[C@H]1[C@@H](O)[C@H](n2cnc4c(N)ncnc42)O[C@@H]1COP(=O)(O)OP(=O)(O)O)=c1cc2c(cc1O3)=NC(C)(C)CC2C. The Bertz CT molecular complexity index is 3350. The number of aromatic nitrogens is 4. The Balaban J connectivity index is 0.839. The van der Waals surface area contributed by atoms with Gasteiger partial charge in [-0.25, -0.2) is 28.9 Å². The number of phosphoric ester groups is 1. The van der Waals surface area contributed by atoms with Gasteiger partial charge in [-0.1, -0.05) is 32.0 Å². The lowest BCUT2D eigenvalue weighted by Crippen LogP contribution is -2.42. The standard InChI is InChI=1S/C50H62N10O14P2/c1-26-21-49(3,4)57-34-19-36-32(17-30(26)34)40(33-18-31-27(2)22-50(5,6)58-35(31)20-37(33)71-36)28-11-8-9-12-29(28)46(63)59(7)16-10-13-39(61)52-14-15-53-48(64)73-43-38(23-70-76(68,69)74-75(65,66)67)72-47(42(43)62)60-25-56-41-44(51)54-24-55-45(41)60/h8-9,11-12,17-20,24-27,38,42-43,47,57,62H,10,13-16,21-23H2,1-7H3,(H,52,61)(H,53,64)(H,68,69)(H2,51,54,55)(H2,65,66,67)/t26?,27?,38-,42-,43-,47-/m1/s1. The molecule has 1 fully saturated rings. The fourth-order valence-electron chi connectivity index (χ4n) is 10.7. The lowest BCUT2D eigenvalue weighted by atomic mass is 9.79. The number of benzene rings is 3. The minimum Gasteiger partial charge on any atom is -0.456 e. The summed E-state index contributed by atoms with van der Waals surface area (Å²) in [6.45, 7) is 12.2. The number of aliphatic hydroxyl groups excluding tert-OH is 1. The quantitative estimate of drug-likeness (QED) is 0.0484. The van der Waals surface area contributed by atoms with Crippen LogP contribution < -0.4 is 37.0 Å². The monoisotopic (exact) mass is 1090 g/mol. The van der Waals surface area contributed by atoms with Crippen LogP contribution >= 0.6 is 15.6 Å². The molecular formula is C50H62N10O14P2. The Labute approximate surface area is 436 Å². The maximum absolute atomic E-state index is 14.5. The topological polar surface area (TPSA) is 334 Å². The Kier molecular flexibility index (Phi) is 15.0. The van der Waals surface area contributed by atoms with Crippen molar-refractivity contribution in [2.24, 2.45) is 4.99 Å². The highest BCUT2D eigenvalue weighted by atomic mass is 31.3. The number of nitrogens with zero attached hydrogens (tertiary/aromatic N) is 6. The maximum atomic E-state index is 14.5. The number of amides is 3. The molecule has 3 amide bonds. The van der Waals surface area contributed by atoms with E-state index < -0.39 is 52.9 Å². The molecule has 4 aliphatic rings. The summed E-state index contributed by atoms with van der Waals surface area (Å²) in [6, 6.07) is 16.1. The molecule has 406 valence electrons. The molecule has 5 aromatic rings. The zero-order valence-corrected chi connectivity index (χ0v) is 44.7. The number of nitrogens with two attached hydrogens (primary N) is 1. The number of rotatable bonds is 16. The van der Waals surface area contributed by atoms with Crippen molar-refractivity contribution in [2.75, 3.05) is 44.3 Å². The van der Waals surface area contributed by atoms with E-state index in [4.69, 9.17) is 39.2 Å². The maximum Gasteiger partial charge on any atom is 0.481 e. The van der Waals surface area contributed by atoms with Crippen LogP contribution in [0.2, 0.25) is 0 Å². The highest BCUT2D eigenvalue weighted by molar-refractivity contribution is 7.60. The Hall–Kier alpha value is -6.33. The first-order valence-corrected chi connectivity index (χ1v) is 27.8. The molecule has 4 aliphatic heterocycles. The summed E-state index contributed by atoms with van der Waals surface area (Å²) in [6.07, 6.45) is -2.78. The van der Waals surface area contributed by atoms with Gasteiger partial charge in [0.2, 0.25) is 5.91 Å². The van der Waals surface area contributed by atoms with Crippen molar-refractivity contribution in [3.63, 3.8) is 0 Å². The normalized spacial score (nSPS) is 22.8. The lowest BCUT2D eigenvalue weighted by molar-refractivity contribution is -0.121. The fraction of sp³-hybridized carbons (Fsp3) is 0.460. The zero-order chi connectivity index (χ0) is 54.6. The molecular weight excluding hydrogens is 1030 g/mol. The molecule has 7 atom stereocenters. The molecule has 9 N–H and O–H groups in total. The average Bonchev–Trinajstić information content (AvgIpc) is 3.96. The van der Waals surface area contributed by atoms with Crippen molar-refractivity contribution < 1.29 is 66.3 Å². The number of nitrogen functional groups attached to an aromatic ring is 1. The number of alkyl carbamates (subject to hydrolysis) is 1. The largest absolute Gasteiger partial charge is 0.481 e. The molecule has 24 nitrogen and oxygen atoms in total. The van der Waals surface area contributed by atoms with Crippen molar-refractivity contribution in [3.05, 3.63) is 99.6 Å². The number of fused-ring (bicyclic) bond motifs is 5. The van der Waals surface area contributed by atoms with E-state index in [0.717, 1.165) is 57.7 Å². The zero-order valence-electron chi connectivity index (χ0n) is 42.9. The van der Waals surface area contributed by atoms with Crippen LogP contribution in [-0.4, -0.2) is 125 Å². The minimum absolute atomic E-state index is 0.0127. The lowest BCUT2D eigenvalue weighted by Gasteiger charge is -2.38. The molecule has 9 rings (SSSR count). The predicted molar refractivity (Wildman–Crippen MR) is 276 cm³/mol. The van der Waals surface area contributed by atoms with Crippen LogP contribution in [0.4, 0.5) is 16.3 Å². The van der Waals surface area contributed by atoms with Crippen LogP contribution in [0.1, 0.15) is 118 Å². The van der Waals surface area contributed by atoms with E-state index in [-0.39, 0.29) is 77.8 Å². The number of imidazole rings is 1. The predicted octanol–water partition coefficient (Wildman–Crippen LogP) is 4.61. The number of nitrogens with one attached hydrogen (secondary N) is 3. The number of anilines is 2. The van der Waals surface area contributed by atoms with Crippen LogP contribution in [0, 0.1) is 0 Å². The first kappa shape index (κ1) is 54.5. The van der Waals surface area contributed by atoms with Gasteiger partial charge in [0.15, 0.2) is 23.8 Å². The van der Waals surface area contributed by atoms with E-state index >= 15 is 0 Å². The van der Waals surface area contributed by atoms with Crippen LogP contribution in [-0.2, 0) is 32.2 Å². The second-order valence-electron chi connectivity index (χ2n) is 21.0. The van der Waals surface area contributed by atoms with Gasteiger partial charge in [0.25, 0.3) is 5.91 Å². The number of aliphatic hydroxyl groups is 1.